The molecule has 0 saturated carbocycles. The number of nitrogens with two attached hydrogens (primary N) is 1. The van der Waals surface area contributed by atoms with Gasteiger partial charge in [0, 0.05) is 12.1 Å². The second-order valence-electron chi connectivity index (χ2n) is 7.09. The second kappa shape index (κ2) is 7.54. The molecule has 0 aliphatic rings. The van der Waals surface area contributed by atoms with Crippen LogP contribution < -0.4 is 11.1 Å². The van der Waals surface area contributed by atoms with Gasteiger partial charge in [0.05, 0.1) is 13.1 Å². The molecule has 0 spiro atoms. The molecule has 2 amide bonds. The van der Waals surface area contributed by atoms with Crippen LogP contribution in [-0.4, -0.2) is 47.7 Å². The molecule has 0 aliphatic carbocycles. The van der Waals surface area contributed by atoms with E-state index in [4.69, 9.17) is 5.73 Å². The Morgan fingerprint density at radius 3 is 1.95 bits per heavy atom. The fraction of sp³-hybridized carbons (Fsp3) is 0.800. The van der Waals surface area contributed by atoms with Gasteiger partial charge >= 0.3 is 6.03 Å². The number of Topliss-reactive ketones (excluding diaryl/α,β-unsaturated/α-hetero) is 2. The van der Waals surface area contributed by atoms with Gasteiger partial charge in [-0.05, 0) is 39.5 Å². The Labute approximate surface area is 127 Å². The lowest BCUT2D eigenvalue weighted by Gasteiger charge is -2.42. The zero-order chi connectivity index (χ0) is 16.8. The normalized spacial score (nSPS) is 12.1. The first-order valence-corrected chi connectivity index (χ1v) is 7.14. The highest BCUT2D eigenvalue weighted by molar-refractivity contribution is 5.83. The van der Waals surface area contributed by atoms with Gasteiger partial charge in [0.25, 0.3) is 0 Å². The number of hydrogen-bond acceptors (Lipinski definition) is 4. The number of hydrogen-bond donors (Lipinski definition) is 2. The van der Waals surface area contributed by atoms with Crippen molar-refractivity contribution < 1.29 is 14.4 Å². The van der Waals surface area contributed by atoms with Crippen molar-refractivity contribution in [2.75, 3.05) is 19.6 Å². The smallest absolute Gasteiger partial charge is 0.315 e. The number of primary amides is 1. The van der Waals surface area contributed by atoms with E-state index in [1.54, 1.807) is 0 Å². The Kier molecular flexibility index (Phi) is 7.03. The Balaban J connectivity index is 4.83. The summed E-state index contributed by atoms with van der Waals surface area (Å²) in [4.78, 5) is 35.3. The van der Waals surface area contributed by atoms with Crippen molar-refractivity contribution in [3.8, 4) is 0 Å². The van der Waals surface area contributed by atoms with E-state index in [0.717, 1.165) is 0 Å². The number of nitrogens with one attached hydrogen (secondary N) is 1. The number of carbonyl (C=O) groups is 3. The van der Waals surface area contributed by atoms with Crippen LogP contribution in [-0.2, 0) is 9.59 Å². The van der Waals surface area contributed by atoms with Crippen molar-refractivity contribution >= 4 is 17.6 Å². The number of amides is 2. The monoisotopic (exact) mass is 299 g/mol. The third-order valence-corrected chi connectivity index (χ3v) is 3.27. The minimum atomic E-state index is -0.595. The zero-order valence-electron chi connectivity index (χ0n) is 14.1. The highest BCUT2D eigenvalue weighted by atomic mass is 16.2. The van der Waals surface area contributed by atoms with E-state index in [1.807, 2.05) is 13.8 Å². The third-order valence-electron chi connectivity index (χ3n) is 3.27. The summed E-state index contributed by atoms with van der Waals surface area (Å²) >= 11 is 0. The summed E-state index contributed by atoms with van der Waals surface area (Å²) in [5, 5.41) is 3.11. The van der Waals surface area contributed by atoms with Crippen molar-refractivity contribution in [1.82, 2.24) is 10.2 Å². The van der Waals surface area contributed by atoms with Crippen molar-refractivity contribution in [3.05, 3.63) is 0 Å². The first-order chi connectivity index (χ1) is 9.37. The summed E-state index contributed by atoms with van der Waals surface area (Å²) in [7, 11) is 0. The number of urea groups is 1. The van der Waals surface area contributed by atoms with Gasteiger partial charge in [-0.15, -0.1) is 0 Å². The Hall–Kier alpha value is -1.43. The van der Waals surface area contributed by atoms with E-state index < -0.39 is 11.6 Å². The van der Waals surface area contributed by atoms with Crippen LogP contribution in [0.25, 0.3) is 0 Å². The van der Waals surface area contributed by atoms with Crippen LogP contribution in [0.4, 0.5) is 4.79 Å². The molecule has 6 heteroatoms. The van der Waals surface area contributed by atoms with Crippen molar-refractivity contribution in [3.63, 3.8) is 0 Å². The minimum absolute atomic E-state index is 0.0132. The van der Waals surface area contributed by atoms with E-state index in [0.29, 0.717) is 19.5 Å². The predicted molar refractivity (Wildman–Crippen MR) is 83.0 cm³/mol. The molecule has 0 bridgehead atoms. The Bertz CT molecular complexity index is 403. The molecule has 0 aliphatic heterocycles. The van der Waals surface area contributed by atoms with Gasteiger partial charge in [-0.2, -0.15) is 0 Å². The lowest BCUT2D eigenvalue weighted by Crippen LogP contribution is -2.54. The molecule has 21 heavy (non-hydrogen) atoms. The molecule has 0 heterocycles. The van der Waals surface area contributed by atoms with Crippen molar-refractivity contribution in [2.24, 2.45) is 11.1 Å². The van der Waals surface area contributed by atoms with Crippen LogP contribution in [0.15, 0.2) is 0 Å². The summed E-state index contributed by atoms with van der Waals surface area (Å²) in [5.41, 5.74) is 4.71. The quantitative estimate of drug-likeness (QED) is 0.672. The molecule has 0 aromatic heterocycles. The highest BCUT2D eigenvalue weighted by Crippen LogP contribution is 2.31. The number of carbonyl (C=O) groups excluding carboxylic acids is 3. The highest BCUT2D eigenvalue weighted by Gasteiger charge is 2.35. The molecule has 0 aromatic carbocycles. The van der Waals surface area contributed by atoms with Gasteiger partial charge < -0.3 is 16.0 Å². The molecule has 0 aromatic rings. The molecule has 0 saturated heterocycles. The van der Waals surface area contributed by atoms with Gasteiger partial charge in [-0.25, -0.2) is 4.79 Å². The van der Waals surface area contributed by atoms with Gasteiger partial charge in [0.2, 0.25) is 0 Å². The number of rotatable bonds is 9. The molecule has 122 valence electrons. The molecular weight excluding hydrogens is 270 g/mol. The Morgan fingerprint density at radius 2 is 1.57 bits per heavy atom. The summed E-state index contributed by atoms with van der Waals surface area (Å²) < 4.78 is 0. The molecular formula is C15H29N3O3. The van der Waals surface area contributed by atoms with Gasteiger partial charge in [-0.1, -0.05) is 13.8 Å². The van der Waals surface area contributed by atoms with Gasteiger partial charge in [0.1, 0.15) is 11.6 Å². The maximum Gasteiger partial charge on any atom is 0.315 e. The van der Waals surface area contributed by atoms with E-state index >= 15 is 0 Å². The summed E-state index contributed by atoms with van der Waals surface area (Å²) in [6.45, 7) is 11.8. The fourth-order valence-electron chi connectivity index (χ4n) is 2.72. The van der Waals surface area contributed by atoms with Crippen LogP contribution in [0.2, 0.25) is 0 Å². The molecule has 0 fully saturated rings. The van der Waals surface area contributed by atoms with E-state index in [9.17, 15) is 14.4 Å². The average molecular weight is 299 g/mol. The third kappa shape index (κ3) is 7.80. The first-order valence-electron chi connectivity index (χ1n) is 7.14. The first kappa shape index (κ1) is 19.6. The van der Waals surface area contributed by atoms with Crippen LogP contribution in [0, 0.1) is 5.41 Å². The number of nitrogens with zero attached hydrogens (tertiary/aromatic N) is 1. The SMILES string of the molecule is CC(=O)CNCC(C)(C)CC(C)(C)N(CC(C)=O)C(N)=O. The van der Waals surface area contributed by atoms with Crippen molar-refractivity contribution in [2.45, 2.75) is 53.5 Å². The Morgan fingerprint density at radius 1 is 1.05 bits per heavy atom. The maximum atomic E-state index is 11.6. The maximum absolute atomic E-state index is 11.6. The lowest BCUT2D eigenvalue weighted by molar-refractivity contribution is -0.119. The van der Waals surface area contributed by atoms with Gasteiger partial charge in [-0.3, -0.25) is 9.59 Å². The standard InChI is InChI=1S/C15H29N3O3/c1-11(19)7-17-10-14(3,4)9-15(5,6)18(13(16)21)8-12(2)20/h17H,7-10H2,1-6H3,(H2,16,21). The molecule has 6 nitrogen and oxygen atoms in total. The topological polar surface area (TPSA) is 92.5 Å². The summed E-state index contributed by atoms with van der Waals surface area (Å²) in [6.07, 6.45) is 0.654. The summed E-state index contributed by atoms with van der Waals surface area (Å²) in [5.74, 6) is -0.0187. The molecule has 0 unspecified atom stereocenters. The molecule has 3 N–H and O–H groups in total. The summed E-state index contributed by atoms with van der Waals surface area (Å²) in [6, 6.07) is -0.595. The average Bonchev–Trinajstić information content (AvgIpc) is 2.22. The van der Waals surface area contributed by atoms with E-state index in [2.05, 4.69) is 19.2 Å². The molecule has 0 rings (SSSR count). The fourth-order valence-corrected chi connectivity index (χ4v) is 2.72. The second-order valence-corrected chi connectivity index (χ2v) is 7.09. The largest absolute Gasteiger partial charge is 0.351 e. The van der Waals surface area contributed by atoms with Crippen LogP contribution in [0.1, 0.15) is 48.0 Å². The van der Waals surface area contributed by atoms with Crippen LogP contribution in [0.3, 0.4) is 0 Å². The predicted octanol–water partition coefficient (Wildman–Crippen LogP) is 1.33. The van der Waals surface area contributed by atoms with E-state index in [-0.39, 0.29) is 23.5 Å². The number of ketones is 2. The van der Waals surface area contributed by atoms with Crippen LogP contribution in [0.5, 0.6) is 0 Å². The minimum Gasteiger partial charge on any atom is -0.351 e. The van der Waals surface area contributed by atoms with Crippen LogP contribution >= 0.6 is 0 Å². The van der Waals surface area contributed by atoms with E-state index in [1.165, 1.54) is 18.7 Å². The van der Waals surface area contributed by atoms with Crippen molar-refractivity contribution in [1.29, 1.82) is 0 Å². The zero-order valence-corrected chi connectivity index (χ0v) is 14.1. The molecule has 0 radical (unpaired) electrons. The van der Waals surface area contributed by atoms with Gasteiger partial charge in [0.15, 0.2) is 0 Å². The lowest BCUT2D eigenvalue weighted by atomic mass is 9.79. The molecule has 0 atom stereocenters.